The summed E-state index contributed by atoms with van der Waals surface area (Å²) in [5.41, 5.74) is 7.58. The Labute approximate surface area is 89.4 Å². The molecule has 3 heteroatoms. The Bertz CT molecular complexity index is 319. The molecular weight excluding hydrogens is 196 g/mol. The maximum Gasteiger partial charge on any atom is 0.0638 e. The highest BCUT2D eigenvalue weighted by molar-refractivity contribution is 6.33. The number of benzene rings is 1. The maximum atomic E-state index is 5.98. The molecule has 2 rings (SSSR count). The Balaban J connectivity index is 2.18. The van der Waals surface area contributed by atoms with Crippen molar-refractivity contribution >= 4 is 17.3 Å². The van der Waals surface area contributed by atoms with Gasteiger partial charge in [-0.15, -0.1) is 0 Å². The highest BCUT2D eigenvalue weighted by Crippen LogP contribution is 2.27. The summed E-state index contributed by atoms with van der Waals surface area (Å²) in [5.74, 6) is 0. The molecule has 76 valence electrons. The average Bonchev–Trinajstić information content (AvgIpc) is 2.23. The number of nitrogen functional groups attached to an aromatic ring is 1. The Morgan fingerprint density at radius 2 is 2.21 bits per heavy atom. The van der Waals surface area contributed by atoms with Crippen LogP contribution < -0.4 is 11.1 Å². The van der Waals surface area contributed by atoms with Crippen LogP contribution in [0.2, 0.25) is 5.02 Å². The summed E-state index contributed by atoms with van der Waals surface area (Å²) in [6.07, 6.45) is 3.76. The molecule has 0 bridgehead atoms. The van der Waals surface area contributed by atoms with E-state index in [-0.39, 0.29) is 0 Å². The van der Waals surface area contributed by atoms with E-state index >= 15 is 0 Å². The van der Waals surface area contributed by atoms with Gasteiger partial charge >= 0.3 is 0 Å². The minimum absolute atomic E-state index is 0.460. The molecule has 1 fully saturated rings. The molecule has 0 unspecified atom stereocenters. The molecule has 0 spiro atoms. The third kappa shape index (κ3) is 2.02. The predicted molar refractivity (Wildman–Crippen MR) is 60.5 cm³/mol. The van der Waals surface area contributed by atoms with Crippen LogP contribution in [0.5, 0.6) is 0 Å². The zero-order valence-corrected chi connectivity index (χ0v) is 8.85. The van der Waals surface area contributed by atoms with Crippen molar-refractivity contribution < 1.29 is 0 Å². The van der Waals surface area contributed by atoms with E-state index < -0.39 is 0 Å². The Hall–Kier alpha value is -0.730. The van der Waals surface area contributed by atoms with Crippen LogP contribution in [0.3, 0.4) is 0 Å². The van der Waals surface area contributed by atoms with Crippen molar-refractivity contribution in [1.29, 1.82) is 0 Å². The van der Waals surface area contributed by atoms with Crippen LogP contribution in [-0.4, -0.2) is 6.54 Å². The van der Waals surface area contributed by atoms with E-state index in [0.717, 1.165) is 6.54 Å². The standard InChI is InChI=1S/C11H15ClN2/c12-9-7-8(4-5-10(9)13)11-3-1-2-6-14-11/h4-5,7,11,14H,1-3,6,13H2/t11-/m0/s1. The van der Waals surface area contributed by atoms with Gasteiger partial charge in [0.1, 0.15) is 0 Å². The molecule has 1 aromatic rings. The van der Waals surface area contributed by atoms with E-state index in [4.69, 9.17) is 17.3 Å². The van der Waals surface area contributed by atoms with Crippen molar-refractivity contribution in [3.05, 3.63) is 28.8 Å². The summed E-state index contributed by atoms with van der Waals surface area (Å²) < 4.78 is 0. The van der Waals surface area contributed by atoms with Crippen LogP contribution in [0.4, 0.5) is 5.69 Å². The van der Waals surface area contributed by atoms with Gasteiger partial charge in [-0.2, -0.15) is 0 Å². The Morgan fingerprint density at radius 1 is 1.36 bits per heavy atom. The minimum atomic E-state index is 0.460. The van der Waals surface area contributed by atoms with Crippen LogP contribution >= 0.6 is 11.6 Å². The first kappa shape index (κ1) is 9.81. The molecule has 14 heavy (non-hydrogen) atoms. The van der Waals surface area contributed by atoms with Crippen LogP contribution in [0.25, 0.3) is 0 Å². The number of hydrogen-bond donors (Lipinski definition) is 2. The van der Waals surface area contributed by atoms with Crippen molar-refractivity contribution in [3.8, 4) is 0 Å². The molecule has 3 N–H and O–H groups in total. The van der Waals surface area contributed by atoms with Gasteiger partial charge in [0.15, 0.2) is 0 Å². The fourth-order valence-corrected chi connectivity index (χ4v) is 2.09. The third-order valence-corrected chi connectivity index (χ3v) is 3.06. The lowest BCUT2D eigenvalue weighted by atomic mass is 9.97. The highest BCUT2D eigenvalue weighted by atomic mass is 35.5. The molecular formula is C11H15ClN2. The van der Waals surface area contributed by atoms with Crippen LogP contribution in [0.1, 0.15) is 30.9 Å². The smallest absolute Gasteiger partial charge is 0.0638 e. The van der Waals surface area contributed by atoms with Crippen molar-refractivity contribution in [1.82, 2.24) is 5.32 Å². The number of anilines is 1. The van der Waals surface area contributed by atoms with Gasteiger partial charge in [-0.3, -0.25) is 0 Å². The molecule has 0 aliphatic carbocycles. The van der Waals surface area contributed by atoms with Gasteiger partial charge in [0.05, 0.1) is 10.7 Å². The van der Waals surface area contributed by atoms with Gasteiger partial charge < -0.3 is 11.1 Å². The first-order valence-electron chi connectivity index (χ1n) is 5.05. The molecule has 2 nitrogen and oxygen atoms in total. The third-order valence-electron chi connectivity index (χ3n) is 2.74. The van der Waals surface area contributed by atoms with Crippen molar-refractivity contribution in [3.63, 3.8) is 0 Å². The molecule has 1 heterocycles. The van der Waals surface area contributed by atoms with E-state index in [1.165, 1.54) is 24.8 Å². The molecule has 0 saturated carbocycles. The quantitative estimate of drug-likeness (QED) is 0.700. The van der Waals surface area contributed by atoms with E-state index in [9.17, 15) is 0 Å². The van der Waals surface area contributed by atoms with Crippen LogP contribution in [-0.2, 0) is 0 Å². The van der Waals surface area contributed by atoms with Crippen molar-refractivity contribution in [2.75, 3.05) is 12.3 Å². The predicted octanol–water partition coefficient (Wildman–Crippen LogP) is 2.74. The second-order valence-electron chi connectivity index (χ2n) is 3.78. The van der Waals surface area contributed by atoms with Crippen molar-refractivity contribution in [2.24, 2.45) is 0 Å². The first-order valence-corrected chi connectivity index (χ1v) is 5.43. The van der Waals surface area contributed by atoms with E-state index in [1.807, 2.05) is 12.1 Å². The highest BCUT2D eigenvalue weighted by Gasteiger charge is 2.14. The molecule has 1 aromatic carbocycles. The maximum absolute atomic E-state index is 5.98. The summed E-state index contributed by atoms with van der Waals surface area (Å²) in [7, 11) is 0. The average molecular weight is 211 g/mol. The van der Waals surface area contributed by atoms with Crippen LogP contribution in [0, 0.1) is 0 Å². The topological polar surface area (TPSA) is 38.0 Å². The Kier molecular flexibility index (Phi) is 2.94. The molecule has 0 amide bonds. The van der Waals surface area contributed by atoms with Crippen molar-refractivity contribution in [2.45, 2.75) is 25.3 Å². The fourth-order valence-electron chi connectivity index (χ4n) is 1.90. The zero-order valence-electron chi connectivity index (χ0n) is 8.09. The van der Waals surface area contributed by atoms with Gasteiger partial charge in [0.25, 0.3) is 0 Å². The normalized spacial score (nSPS) is 22.2. The lowest BCUT2D eigenvalue weighted by Gasteiger charge is -2.24. The van der Waals surface area contributed by atoms with Gasteiger partial charge in [0.2, 0.25) is 0 Å². The number of piperidine rings is 1. The summed E-state index contributed by atoms with van der Waals surface area (Å²) in [6.45, 7) is 1.10. The summed E-state index contributed by atoms with van der Waals surface area (Å²) in [5, 5.41) is 4.14. The number of hydrogen-bond acceptors (Lipinski definition) is 2. The fraction of sp³-hybridized carbons (Fsp3) is 0.455. The van der Waals surface area contributed by atoms with E-state index in [1.54, 1.807) is 0 Å². The van der Waals surface area contributed by atoms with Gasteiger partial charge in [0, 0.05) is 6.04 Å². The molecule has 1 aliphatic rings. The monoisotopic (exact) mass is 210 g/mol. The van der Waals surface area contributed by atoms with Gasteiger partial charge in [-0.05, 0) is 37.1 Å². The summed E-state index contributed by atoms with van der Waals surface area (Å²) in [4.78, 5) is 0. The van der Waals surface area contributed by atoms with Crippen LogP contribution in [0.15, 0.2) is 18.2 Å². The number of nitrogens with two attached hydrogens (primary N) is 1. The molecule has 0 aromatic heterocycles. The van der Waals surface area contributed by atoms with E-state index in [0.29, 0.717) is 16.8 Å². The SMILES string of the molecule is Nc1ccc([C@@H]2CCCCN2)cc1Cl. The minimum Gasteiger partial charge on any atom is -0.398 e. The number of nitrogens with one attached hydrogen (secondary N) is 1. The summed E-state index contributed by atoms with van der Waals surface area (Å²) in [6, 6.07) is 6.37. The molecule has 1 aliphatic heterocycles. The van der Waals surface area contributed by atoms with E-state index in [2.05, 4.69) is 11.4 Å². The first-order chi connectivity index (χ1) is 6.77. The lowest BCUT2D eigenvalue weighted by Crippen LogP contribution is -2.26. The number of rotatable bonds is 1. The Morgan fingerprint density at radius 3 is 2.86 bits per heavy atom. The van der Waals surface area contributed by atoms with Gasteiger partial charge in [-0.1, -0.05) is 24.1 Å². The molecule has 0 radical (unpaired) electrons. The second-order valence-corrected chi connectivity index (χ2v) is 4.19. The molecule has 1 saturated heterocycles. The second kappa shape index (κ2) is 4.20. The van der Waals surface area contributed by atoms with Gasteiger partial charge in [-0.25, -0.2) is 0 Å². The zero-order chi connectivity index (χ0) is 9.97. The molecule has 1 atom stereocenters. The summed E-state index contributed by atoms with van der Waals surface area (Å²) >= 11 is 5.98. The number of halogens is 1. The largest absolute Gasteiger partial charge is 0.398 e. The lowest BCUT2D eigenvalue weighted by molar-refractivity contribution is 0.412.